The summed E-state index contributed by atoms with van der Waals surface area (Å²) in [7, 11) is 0. The molecule has 0 aromatic heterocycles. The summed E-state index contributed by atoms with van der Waals surface area (Å²) in [5, 5.41) is 0. The summed E-state index contributed by atoms with van der Waals surface area (Å²) in [5.41, 5.74) is 3.08. The highest BCUT2D eigenvalue weighted by Gasteiger charge is 2.61. The zero-order valence-corrected chi connectivity index (χ0v) is 11.9. The van der Waals surface area contributed by atoms with E-state index in [0.717, 1.165) is 30.5 Å². The molecule has 1 aromatic carbocycles. The van der Waals surface area contributed by atoms with E-state index in [1.807, 2.05) is 32.0 Å². The molecule has 3 fully saturated rings. The third-order valence-electron chi connectivity index (χ3n) is 5.68. The molecule has 2 bridgehead atoms. The van der Waals surface area contributed by atoms with Gasteiger partial charge in [-0.25, -0.2) is 0 Å². The molecule has 0 spiro atoms. The minimum Gasteiger partial charge on any atom is -0.274 e. The van der Waals surface area contributed by atoms with E-state index in [9.17, 15) is 9.59 Å². The molecule has 4 rings (SSSR count). The van der Waals surface area contributed by atoms with Gasteiger partial charge >= 0.3 is 0 Å². The molecule has 3 aliphatic rings. The average Bonchev–Trinajstić information content (AvgIpc) is 3.08. The van der Waals surface area contributed by atoms with Gasteiger partial charge in [0.05, 0.1) is 17.5 Å². The molecule has 20 heavy (non-hydrogen) atoms. The second-order valence-corrected chi connectivity index (χ2v) is 6.67. The smallest absolute Gasteiger partial charge is 0.237 e. The molecule has 4 unspecified atom stereocenters. The van der Waals surface area contributed by atoms with Crippen molar-refractivity contribution in [3.8, 4) is 0 Å². The number of imide groups is 1. The van der Waals surface area contributed by atoms with Crippen LogP contribution in [0.2, 0.25) is 0 Å². The van der Waals surface area contributed by atoms with Crippen molar-refractivity contribution in [2.75, 3.05) is 4.90 Å². The van der Waals surface area contributed by atoms with Crippen molar-refractivity contribution in [1.82, 2.24) is 0 Å². The summed E-state index contributed by atoms with van der Waals surface area (Å²) in [6.45, 7) is 4.07. The molecule has 0 radical (unpaired) electrons. The lowest BCUT2D eigenvalue weighted by Gasteiger charge is -2.19. The van der Waals surface area contributed by atoms with Crippen LogP contribution in [0.5, 0.6) is 0 Å². The van der Waals surface area contributed by atoms with Crippen LogP contribution >= 0.6 is 0 Å². The van der Waals surface area contributed by atoms with Gasteiger partial charge < -0.3 is 0 Å². The number of carbonyl (C=O) groups is 2. The molecule has 1 aliphatic heterocycles. The molecule has 1 saturated heterocycles. The SMILES string of the molecule is Cc1ccc(N2C(=O)C3C4CCC(C4)C3C2=O)cc1C. The van der Waals surface area contributed by atoms with Crippen molar-refractivity contribution in [3.63, 3.8) is 0 Å². The number of rotatable bonds is 1. The van der Waals surface area contributed by atoms with E-state index >= 15 is 0 Å². The predicted octanol–water partition coefficient (Wildman–Crippen LogP) is 2.84. The number of hydrogen-bond donors (Lipinski definition) is 0. The molecule has 2 aliphatic carbocycles. The van der Waals surface area contributed by atoms with Crippen LogP contribution in [0.25, 0.3) is 0 Å². The summed E-state index contributed by atoms with van der Waals surface area (Å²) in [6.07, 6.45) is 3.35. The van der Waals surface area contributed by atoms with Crippen molar-refractivity contribution in [1.29, 1.82) is 0 Å². The summed E-state index contributed by atoms with van der Waals surface area (Å²) in [6, 6.07) is 5.86. The maximum absolute atomic E-state index is 12.7. The van der Waals surface area contributed by atoms with E-state index in [-0.39, 0.29) is 23.7 Å². The minimum atomic E-state index is -0.0251. The van der Waals surface area contributed by atoms with Crippen molar-refractivity contribution in [2.24, 2.45) is 23.7 Å². The number of amides is 2. The largest absolute Gasteiger partial charge is 0.274 e. The Kier molecular flexibility index (Phi) is 2.39. The lowest BCUT2D eigenvalue weighted by atomic mass is 9.81. The Hall–Kier alpha value is -1.64. The number of aryl methyl sites for hydroxylation is 2. The molecule has 0 N–H and O–H groups in total. The highest BCUT2D eigenvalue weighted by Crippen LogP contribution is 2.56. The third-order valence-corrected chi connectivity index (χ3v) is 5.68. The second-order valence-electron chi connectivity index (χ2n) is 6.67. The molecule has 2 amide bonds. The number of hydrogen-bond acceptors (Lipinski definition) is 2. The fraction of sp³-hybridized carbons (Fsp3) is 0.529. The molecule has 3 heteroatoms. The van der Waals surface area contributed by atoms with Crippen LogP contribution in [0.4, 0.5) is 5.69 Å². The van der Waals surface area contributed by atoms with Gasteiger partial charge in [-0.05, 0) is 68.2 Å². The molecular weight excluding hydrogens is 250 g/mol. The van der Waals surface area contributed by atoms with Crippen LogP contribution in [0.3, 0.4) is 0 Å². The van der Waals surface area contributed by atoms with Crippen molar-refractivity contribution >= 4 is 17.5 Å². The summed E-state index contributed by atoms with van der Waals surface area (Å²) >= 11 is 0. The molecular formula is C17H19NO2. The summed E-state index contributed by atoms with van der Waals surface area (Å²) in [4.78, 5) is 26.8. The standard InChI is InChI=1S/C17H19NO2/c1-9-3-6-13(7-10(9)2)18-16(19)14-11-4-5-12(8-11)15(14)17(18)20/h3,6-7,11-12,14-15H,4-5,8H2,1-2H3. The van der Waals surface area contributed by atoms with Crippen molar-refractivity contribution in [3.05, 3.63) is 29.3 Å². The van der Waals surface area contributed by atoms with Gasteiger partial charge in [-0.3, -0.25) is 14.5 Å². The Labute approximate surface area is 119 Å². The maximum atomic E-state index is 12.7. The lowest BCUT2D eigenvalue weighted by molar-refractivity contribution is -0.123. The zero-order valence-electron chi connectivity index (χ0n) is 11.9. The second kappa shape index (κ2) is 3.94. The van der Waals surface area contributed by atoms with Gasteiger partial charge in [0.1, 0.15) is 0 Å². The Morgan fingerprint density at radius 3 is 2.10 bits per heavy atom. The molecule has 104 valence electrons. The molecule has 4 atom stereocenters. The van der Waals surface area contributed by atoms with E-state index in [1.54, 1.807) is 0 Å². The maximum Gasteiger partial charge on any atom is 0.237 e. The molecule has 1 heterocycles. The van der Waals surface area contributed by atoms with Crippen LogP contribution in [0.15, 0.2) is 18.2 Å². The van der Waals surface area contributed by atoms with Crippen molar-refractivity contribution < 1.29 is 9.59 Å². The normalized spacial score (nSPS) is 35.0. The molecule has 2 saturated carbocycles. The number of nitrogens with zero attached hydrogens (tertiary/aromatic N) is 1. The Morgan fingerprint density at radius 2 is 1.55 bits per heavy atom. The first-order valence-electron chi connectivity index (χ1n) is 7.53. The predicted molar refractivity (Wildman–Crippen MR) is 76.2 cm³/mol. The van der Waals surface area contributed by atoms with Gasteiger partial charge in [0, 0.05) is 0 Å². The topological polar surface area (TPSA) is 37.4 Å². The minimum absolute atomic E-state index is 0.0251. The highest BCUT2D eigenvalue weighted by atomic mass is 16.2. The molecule has 3 nitrogen and oxygen atoms in total. The number of fused-ring (bicyclic) bond motifs is 5. The van der Waals surface area contributed by atoms with Crippen LogP contribution in [-0.4, -0.2) is 11.8 Å². The number of anilines is 1. The number of benzene rings is 1. The first kappa shape index (κ1) is 12.1. The van der Waals surface area contributed by atoms with Crippen LogP contribution in [0.1, 0.15) is 30.4 Å². The van der Waals surface area contributed by atoms with E-state index in [1.165, 1.54) is 10.5 Å². The third kappa shape index (κ3) is 1.41. The van der Waals surface area contributed by atoms with Gasteiger partial charge in [-0.15, -0.1) is 0 Å². The monoisotopic (exact) mass is 269 g/mol. The van der Waals surface area contributed by atoms with E-state index in [0.29, 0.717) is 11.8 Å². The van der Waals surface area contributed by atoms with E-state index < -0.39 is 0 Å². The van der Waals surface area contributed by atoms with Crippen LogP contribution < -0.4 is 4.90 Å². The quantitative estimate of drug-likeness (QED) is 0.735. The zero-order chi connectivity index (χ0) is 14.0. The highest BCUT2D eigenvalue weighted by molar-refractivity contribution is 6.22. The first-order chi connectivity index (χ1) is 9.58. The number of carbonyl (C=O) groups excluding carboxylic acids is 2. The van der Waals surface area contributed by atoms with Crippen LogP contribution in [0, 0.1) is 37.5 Å². The van der Waals surface area contributed by atoms with Crippen molar-refractivity contribution in [2.45, 2.75) is 33.1 Å². The van der Waals surface area contributed by atoms with Crippen LogP contribution in [-0.2, 0) is 9.59 Å². The first-order valence-corrected chi connectivity index (χ1v) is 7.53. The van der Waals surface area contributed by atoms with Gasteiger partial charge in [0.25, 0.3) is 0 Å². The lowest BCUT2D eigenvalue weighted by Crippen LogP contribution is -2.32. The fourth-order valence-electron chi connectivity index (χ4n) is 4.53. The Balaban J connectivity index is 1.74. The average molecular weight is 269 g/mol. The van der Waals surface area contributed by atoms with E-state index in [4.69, 9.17) is 0 Å². The Morgan fingerprint density at radius 1 is 0.950 bits per heavy atom. The van der Waals surface area contributed by atoms with Gasteiger partial charge in [-0.2, -0.15) is 0 Å². The van der Waals surface area contributed by atoms with Gasteiger partial charge in [-0.1, -0.05) is 6.07 Å². The van der Waals surface area contributed by atoms with Gasteiger partial charge in [0.15, 0.2) is 0 Å². The van der Waals surface area contributed by atoms with Gasteiger partial charge in [0.2, 0.25) is 11.8 Å². The molecule has 1 aromatic rings. The summed E-state index contributed by atoms with van der Waals surface area (Å²) in [5.74, 6) is 0.965. The Bertz CT molecular complexity index is 593. The summed E-state index contributed by atoms with van der Waals surface area (Å²) < 4.78 is 0. The van der Waals surface area contributed by atoms with E-state index in [2.05, 4.69) is 0 Å². The fourth-order valence-corrected chi connectivity index (χ4v) is 4.53.